The standard InChI is InChI=1S/C19H20INO3/c1-23-17-12-15(19(22)21-9-5-6-10-21)11-16(20)18(17)24-13-14-7-3-2-4-8-14/h2-4,7-8,11-12H,5-6,9-10,13H2,1H3. The molecule has 0 N–H and O–H groups in total. The van der Waals surface area contributed by atoms with E-state index in [0.717, 1.165) is 35.1 Å². The minimum Gasteiger partial charge on any atom is -0.493 e. The molecule has 0 bridgehead atoms. The third-order valence-corrected chi connectivity index (χ3v) is 4.90. The van der Waals surface area contributed by atoms with Gasteiger partial charge in [-0.15, -0.1) is 0 Å². The lowest BCUT2D eigenvalue weighted by Crippen LogP contribution is -2.27. The van der Waals surface area contributed by atoms with Crippen molar-refractivity contribution >= 4 is 28.5 Å². The van der Waals surface area contributed by atoms with Crippen LogP contribution in [0.4, 0.5) is 0 Å². The van der Waals surface area contributed by atoms with E-state index >= 15 is 0 Å². The van der Waals surface area contributed by atoms with Gasteiger partial charge < -0.3 is 14.4 Å². The molecule has 0 spiro atoms. The number of rotatable bonds is 5. The summed E-state index contributed by atoms with van der Waals surface area (Å²) in [6, 6.07) is 13.6. The number of hydrogen-bond acceptors (Lipinski definition) is 3. The third-order valence-electron chi connectivity index (χ3n) is 4.10. The van der Waals surface area contributed by atoms with Crippen molar-refractivity contribution in [2.75, 3.05) is 20.2 Å². The number of amides is 1. The normalized spacial score (nSPS) is 13.8. The lowest BCUT2D eigenvalue weighted by molar-refractivity contribution is 0.0792. The van der Waals surface area contributed by atoms with Crippen LogP contribution in [-0.4, -0.2) is 31.0 Å². The zero-order chi connectivity index (χ0) is 16.9. The van der Waals surface area contributed by atoms with E-state index < -0.39 is 0 Å². The van der Waals surface area contributed by atoms with Gasteiger partial charge in [0.2, 0.25) is 0 Å². The molecule has 3 rings (SSSR count). The van der Waals surface area contributed by atoms with Crippen molar-refractivity contribution in [1.29, 1.82) is 0 Å². The Hall–Kier alpha value is -1.76. The highest BCUT2D eigenvalue weighted by Gasteiger charge is 2.22. The number of hydrogen-bond donors (Lipinski definition) is 0. The summed E-state index contributed by atoms with van der Waals surface area (Å²) >= 11 is 2.20. The molecule has 2 aromatic carbocycles. The van der Waals surface area contributed by atoms with E-state index in [4.69, 9.17) is 9.47 Å². The molecule has 126 valence electrons. The fraction of sp³-hybridized carbons (Fsp3) is 0.316. The molecule has 1 saturated heterocycles. The fourth-order valence-corrected chi connectivity index (χ4v) is 3.57. The first kappa shape index (κ1) is 17.1. The monoisotopic (exact) mass is 437 g/mol. The number of benzene rings is 2. The van der Waals surface area contributed by atoms with E-state index in [2.05, 4.69) is 22.6 Å². The molecule has 1 heterocycles. The summed E-state index contributed by atoms with van der Waals surface area (Å²) in [4.78, 5) is 14.5. The lowest BCUT2D eigenvalue weighted by atomic mass is 10.1. The Morgan fingerprint density at radius 3 is 2.54 bits per heavy atom. The Morgan fingerprint density at radius 2 is 1.88 bits per heavy atom. The minimum absolute atomic E-state index is 0.0679. The Morgan fingerprint density at radius 1 is 1.17 bits per heavy atom. The molecule has 1 amide bonds. The molecule has 2 aromatic rings. The highest BCUT2D eigenvalue weighted by Crippen LogP contribution is 2.35. The van der Waals surface area contributed by atoms with Crippen LogP contribution in [0.5, 0.6) is 11.5 Å². The van der Waals surface area contributed by atoms with Gasteiger partial charge in [-0.05, 0) is 53.1 Å². The molecule has 0 atom stereocenters. The van der Waals surface area contributed by atoms with Gasteiger partial charge in [0.05, 0.1) is 10.7 Å². The highest BCUT2D eigenvalue weighted by molar-refractivity contribution is 14.1. The number of methoxy groups -OCH3 is 1. The van der Waals surface area contributed by atoms with E-state index in [1.807, 2.05) is 41.3 Å². The maximum atomic E-state index is 12.6. The first-order chi connectivity index (χ1) is 11.7. The minimum atomic E-state index is 0.0679. The summed E-state index contributed by atoms with van der Waals surface area (Å²) in [5.41, 5.74) is 1.75. The molecule has 1 aliphatic rings. The molecule has 0 aliphatic carbocycles. The molecule has 4 nitrogen and oxygen atoms in total. The molecule has 24 heavy (non-hydrogen) atoms. The summed E-state index contributed by atoms with van der Waals surface area (Å²) in [7, 11) is 1.60. The quantitative estimate of drug-likeness (QED) is 0.661. The van der Waals surface area contributed by atoms with Crippen molar-refractivity contribution in [2.24, 2.45) is 0 Å². The average Bonchev–Trinajstić information content (AvgIpc) is 3.15. The second-order valence-electron chi connectivity index (χ2n) is 5.76. The van der Waals surface area contributed by atoms with Crippen LogP contribution >= 0.6 is 22.6 Å². The van der Waals surface area contributed by atoms with E-state index in [9.17, 15) is 4.79 Å². The molecule has 0 radical (unpaired) electrons. The largest absolute Gasteiger partial charge is 0.493 e. The molecular formula is C19H20INO3. The molecule has 1 aliphatic heterocycles. The van der Waals surface area contributed by atoms with E-state index in [0.29, 0.717) is 23.7 Å². The summed E-state index contributed by atoms with van der Waals surface area (Å²) in [5, 5.41) is 0. The van der Waals surface area contributed by atoms with Gasteiger partial charge in [0.25, 0.3) is 5.91 Å². The molecule has 0 aromatic heterocycles. The van der Waals surface area contributed by atoms with Gasteiger partial charge in [-0.1, -0.05) is 30.3 Å². The fourth-order valence-electron chi connectivity index (χ4n) is 2.82. The van der Waals surface area contributed by atoms with Crippen molar-refractivity contribution in [3.05, 3.63) is 57.2 Å². The summed E-state index contributed by atoms with van der Waals surface area (Å²) in [6.45, 7) is 2.14. The number of carbonyl (C=O) groups excluding carboxylic acids is 1. The van der Waals surface area contributed by atoms with Crippen molar-refractivity contribution in [2.45, 2.75) is 19.4 Å². The van der Waals surface area contributed by atoms with E-state index in [1.165, 1.54) is 0 Å². The molecule has 5 heteroatoms. The maximum Gasteiger partial charge on any atom is 0.254 e. The highest BCUT2D eigenvalue weighted by atomic mass is 127. The summed E-state index contributed by atoms with van der Waals surface area (Å²) < 4.78 is 12.3. The van der Waals surface area contributed by atoms with Crippen molar-refractivity contribution in [3.63, 3.8) is 0 Å². The zero-order valence-corrected chi connectivity index (χ0v) is 15.8. The maximum absolute atomic E-state index is 12.6. The number of nitrogens with zero attached hydrogens (tertiary/aromatic N) is 1. The van der Waals surface area contributed by atoms with Gasteiger partial charge in [0, 0.05) is 18.7 Å². The zero-order valence-electron chi connectivity index (χ0n) is 13.6. The van der Waals surface area contributed by atoms with Crippen LogP contribution in [0.25, 0.3) is 0 Å². The Labute approximate surface area is 155 Å². The molecule has 1 fully saturated rings. The first-order valence-electron chi connectivity index (χ1n) is 8.02. The molecule has 0 saturated carbocycles. The van der Waals surface area contributed by atoms with Crippen LogP contribution in [0.15, 0.2) is 42.5 Å². The van der Waals surface area contributed by atoms with Gasteiger partial charge in [0.1, 0.15) is 6.61 Å². The molecule has 0 unspecified atom stereocenters. The predicted octanol–water partition coefficient (Wildman–Crippen LogP) is 4.11. The van der Waals surface area contributed by atoms with Crippen LogP contribution < -0.4 is 9.47 Å². The smallest absolute Gasteiger partial charge is 0.254 e. The van der Waals surface area contributed by atoms with Gasteiger partial charge in [0.15, 0.2) is 11.5 Å². The second kappa shape index (κ2) is 7.88. The molecular weight excluding hydrogens is 417 g/mol. The predicted molar refractivity (Wildman–Crippen MR) is 102 cm³/mol. The topological polar surface area (TPSA) is 38.8 Å². The third kappa shape index (κ3) is 3.83. The Balaban J connectivity index is 1.81. The van der Waals surface area contributed by atoms with Crippen LogP contribution in [0.3, 0.4) is 0 Å². The summed E-state index contributed by atoms with van der Waals surface area (Å²) in [5.74, 6) is 1.35. The van der Waals surface area contributed by atoms with Crippen LogP contribution in [0, 0.1) is 3.57 Å². The van der Waals surface area contributed by atoms with Crippen molar-refractivity contribution in [1.82, 2.24) is 4.90 Å². The van der Waals surface area contributed by atoms with Crippen LogP contribution in [0.1, 0.15) is 28.8 Å². The number of ether oxygens (including phenoxy) is 2. The van der Waals surface area contributed by atoms with Crippen LogP contribution in [0.2, 0.25) is 0 Å². The van der Waals surface area contributed by atoms with Gasteiger partial charge >= 0.3 is 0 Å². The Kier molecular flexibility index (Phi) is 5.60. The van der Waals surface area contributed by atoms with E-state index in [-0.39, 0.29) is 5.91 Å². The average molecular weight is 437 g/mol. The van der Waals surface area contributed by atoms with Crippen LogP contribution in [-0.2, 0) is 6.61 Å². The van der Waals surface area contributed by atoms with Gasteiger partial charge in [-0.3, -0.25) is 4.79 Å². The Bertz CT molecular complexity index is 712. The number of halogens is 1. The van der Waals surface area contributed by atoms with Gasteiger partial charge in [-0.25, -0.2) is 0 Å². The summed E-state index contributed by atoms with van der Waals surface area (Å²) in [6.07, 6.45) is 2.16. The van der Waals surface area contributed by atoms with Gasteiger partial charge in [-0.2, -0.15) is 0 Å². The second-order valence-corrected chi connectivity index (χ2v) is 6.93. The number of carbonyl (C=O) groups is 1. The van der Waals surface area contributed by atoms with Crippen molar-refractivity contribution < 1.29 is 14.3 Å². The van der Waals surface area contributed by atoms with E-state index in [1.54, 1.807) is 13.2 Å². The number of likely N-dealkylation sites (tertiary alicyclic amines) is 1. The lowest BCUT2D eigenvalue weighted by Gasteiger charge is -2.18. The SMILES string of the molecule is COc1cc(C(=O)N2CCCC2)cc(I)c1OCc1ccccc1. The first-order valence-corrected chi connectivity index (χ1v) is 9.10. The van der Waals surface area contributed by atoms with Crippen molar-refractivity contribution in [3.8, 4) is 11.5 Å².